The molecule has 0 aliphatic rings. The molecule has 0 aliphatic carbocycles. The second-order valence-corrected chi connectivity index (χ2v) is 10.3. The third kappa shape index (κ3) is 5.31. The van der Waals surface area contributed by atoms with E-state index in [-0.39, 0.29) is 17.8 Å². The van der Waals surface area contributed by atoms with Crippen LogP contribution in [0.4, 0.5) is 13.2 Å². The van der Waals surface area contributed by atoms with Crippen LogP contribution in [-0.4, -0.2) is 37.2 Å². The molecule has 3 rings (SSSR count). The number of nitrogens with zero attached hydrogens (tertiary/aromatic N) is 1. The number of alkyl halides is 3. The zero-order chi connectivity index (χ0) is 26.3. The van der Waals surface area contributed by atoms with Crippen molar-refractivity contribution in [1.29, 1.82) is 0 Å². The van der Waals surface area contributed by atoms with E-state index in [9.17, 15) is 31.2 Å². The second kappa shape index (κ2) is 9.56. The number of carbonyl (C=O) groups is 2. The number of sulfone groups is 1. The third-order valence-electron chi connectivity index (χ3n) is 5.16. The molecule has 0 saturated carbocycles. The molecule has 0 spiro atoms. The van der Waals surface area contributed by atoms with Crippen molar-refractivity contribution < 1.29 is 31.2 Å². The van der Waals surface area contributed by atoms with E-state index in [0.717, 1.165) is 12.1 Å². The van der Waals surface area contributed by atoms with E-state index in [4.69, 9.17) is 28.9 Å². The van der Waals surface area contributed by atoms with Crippen molar-refractivity contribution in [3.63, 3.8) is 0 Å². The average molecular weight is 548 g/mol. The molecule has 13 heteroatoms. The minimum absolute atomic E-state index is 0.00884. The third-order valence-corrected chi connectivity index (χ3v) is 7.67. The van der Waals surface area contributed by atoms with E-state index < -0.39 is 48.9 Å². The molecular formula is C22H18Cl2F3N3O4S. The fourth-order valence-corrected chi connectivity index (χ4v) is 5.59. The maximum absolute atomic E-state index is 13.3. The van der Waals surface area contributed by atoms with Crippen molar-refractivity contribution in [2.24, 2.45) is 5.73 Å². The Bertz CT molecular complexity index is 1440. The molecule has 0 unspecified atom stereocenters. The number of halogens is 5. The van der Waals surface area contributed by atoms with Gasteiger partial charge in [0.05, 0.1) is 10.5 Å². The number of primary amides is 1. The van der Waals surface area contributed by atoms with Gasteiger partial charge in [0.2, 0.25) is 9.84 Å². The standard InChI is InChI=1S/C22H18Cl2F3N3O4S/c1-11-17(21(32)30(2)10-12-6-7-14(23)9-16(12)24)29-18(20(28)31)19(11)35(33,34)15-5-3-4-13(8-15)22(25,26)27/h3-9,29H,10H2,1-2H3,(H2,28,31). The highest BCUT2D eigenvalue weighted by Crippen LogP contribution is 2.34. The molecule has 3 N–H and O–H groups in total. The maximum atomic E-state index is 13.3. The molecule has 0 bridgehead atoms. The molecule has 0 aliphatic heterocycles. The van der Waals surface area contributed by atoms with Crippen LogP contribution in [0.3, 0.4) is 0 Å². The Morgan fingerprint density at radius 2 is 1.74 bits per heavy atom. The summed E-state index contributed by atoms with van der Waals surface area (Å²) in [6, 6.07) is 7.71. The van der Waals surface area contributed by atoms with Gasteiger partial charge in [-0.25, -0.2) is 8.42 Å². The van der Waals surface area contributed by atoms with Crippen LogP contribution < -0.4 is 5.73 Å². The van der Waals surface area contributed by atoms with Gasteiger partial charge in [-0.15, -0.1) is 0 Å². The molecule has 0 atom stereocenters. The molecule has 2 amide bonds. The van der Waals surface area contributed by atoms with Gasteiger partial charge in [0.15, 0.2) is 0 Å². The predicted octanol–water partition coefficient (Wildman–Crippen LogP) is 4.85. The number of aromatic nitrogens is 1. The fraction of sp³-hybridized carbons (Fsp3) is 0.182. The molecule has 3 aromatic rings. The molecule has 0 radical (unpaired) electrons. The summed E-state index contributed by atoms with van der Waals surface area (Å²) in [6.45, 7) is 1.26. The molecule has 1 heterocycles. The molecule has 2 aromatic carbocycles. The van der Waals surface area contributed by atoms with Crippen molar-refractivity contribution >= 4 is 44.9 Å². The van der Waals surface area contributed by atoms with E-state index in [1.807, 2.05) is 0 Å². The summed E-state index contributed by atoms with van der Waals surface area (Å²) < 4.78 is 66.0. The lowest BCUT2D eigenvalue weighted by molar-refractivity contribution is -0.137. The van der Waals surface area contributed by atoms with Crippen molar-refractivity contribution in [2.75, 3.05) is 7.05 Å². The van der Waals surface area contributed by atoms with E-state index in [1.165, 1.54) is 24.9 Å². The Labute approximate surface area is 208 Å². The number of H-pyrrole nitrogens is 1. The molecule has 35 heavy (non-hydrogen) atoms. The zero-order valence-electron chi connectivity index (χ0n) is 18.2. The Balaban J connectivity index is 2.07. The van der Waals surface area contributed by atoms with Gasteiger partial charge < -0.3 is 15.6 Å². The van der Waals surface area contributed by atoms with Gasteiger partial charge >= 0.3 is 6.18 Å². The first kappa shape index (κ1) is 26.6. The number of nitrogens with two attached hydrogens (primary N) is 1. The molecule has 7 nitrogen and oxygen atoms in total. The predicted molar refractivity (Wildman–Crippen MR) is 123 cm³/mol. The average Bonchev–Trinajstić information content (AvgIpc) is 3.12. The highest BCUT2D eigenvalue weighted by molar-refractivity contribution is 7.91. The summed E-state index contributed by atoms with van der Waals surface area (Å²) in [7, 11) is -3.26. The largest absolute Gasteiger partial charge is 0.416 e. The lowest BCUT2D eigenvalue weighted by atomic mass is 10.2. The minimum Gasteiger partial charge on any atom is -0.364 e. The van der Waals surface area contributed by atoms with E-state index in [0.29, 0.717) is 27.7 Å². The second-order valence-electron chi connectivity index (χ2n) is 7.62. The number of amides is 2. The first-order valence-corrected chi connectivity index (χ1v) is 12.0. The minimum atomic E-state index is -4.79. The van der Waals surface area contributed by atoms with Crippen LogP contribution in [-0.2, 0) is 22.6 Å². The molecular weight excluding hydrogens is 530 g/mol. The molecule has 0 saturated heterocycles. The highest BCUT2D eigenvalue weighted by Gasteiger charge is 2.35. The van der Waals surface area contributed by atoms with Crippen LogP contribution in [0.15, 0.2) is 52.3 Å². The monoisotopic (exact) mass is 547 g/mol. The summed E-state index contributed by atoms with van der Waals surface area (Å²) in [5, 5.41) is 0.689. The summed E-state index contributed by atoms with van der Waals surface area (Å²) in [5.74, 6) is -1.91. The highest BCUT2D eigenvalue weighted by atomic mass is 35.5. The Kier molecular flexibility index (Phi) is 7.26. The van der Waals surface area contributed by atoms with Crippen LogP contribution in [0.1, 0.15) is 37.7 Å². The lowest BCUT2D eigenvalue weighted by Crippen LogP contribution is -2.27. The van der Waals surface area contributed by atoms with Crippen LogP contribution in [0.25, 0.3) is 0 Å². The van der Waals surface area contributed by atoms with Crippen molar-refractivity contribution in [3.05, 3.63) is 80.6 Å². The summed E-state index contributed by atoms with van der Waals surface area (Å²) in [4.78, 5) is 27.4. The van der Waals surface area contributed by atoms with Crippen molar-refractivity contribution in [1.82, 2.24) is 9.88 Å². The van der Waals surface area contributed by atoms with E-state index in [1.54, 1.807) is 12.1 Å². The van der Waals surface area contributed by atoms with Crippen LogP contribution >= 0.6 is 23.2 Å². The van der Waals surface area contributed by atoms with Gasteiger partial charge in [0, 0.05) is 23.6 Å². The first-order valence-electron chi connectivity index (χ1n) is 9.78. The lowest BCUT2D eigenvalue weighted by Gasteiger charge is -2.18. The normalized spacial score (nSPS) is 12.0. The molecule has 0 fully saturated rings. The number of rotatable bonds is 6. The number of aromatic amines is 1. The van der Waals surface area contributed by atoms with Crippen molar-refractivity contribution in [3.8, 4) is 0 Å². The number of nitrogens with one attached hydrogen (secondary N) is 1. The first-order chi connectivity index (χ1) is 16.1. The zero-order valence-corrected chi connectivity index (χ0v) is 20.5. The smallest absolute Gasteiger partial charge is 0.364 e. The summed E-state index contributed by atoms with van der Waals surface area (Å²) in [6.07, 6.45) is -4.79. The topological polar surface area (TPSA) is 113 Å². The number of benzene rings is 2. The summed E-state index contributed by atoms with van der Waals surface area (Å²) >= 11 is 12.0. The van der Waals surface area contributed by atoms with Gasteiger partial charge in [-0.2, -0.15) is 13.2 Å². The van der Waals surface area contributed by atoms with Gasteiger partial charge in [-0.1, -0.05) is 35.3 Å². The fourth-order valence-electron chi connectivity index (χ4n) is 3.43. The van der Waals surface area contributed by atoms with Crippen molar-refractivity contribution in [2.45, 2.75) is 29.4 Å². The van der Waals surface area contributed by atoms with E-state index in [2.05, 4.69) is 4.98 Å². The Hall–Kier alpha value is -3.02. The van der Waals surface area contributed by atoms with Crippen LogP contribution in [0.2, 0.25) is 10.0 Å². The van der Waals surface area contributed by atoms with E-state index >= 15 is 0 Å². The van der Waals surface area contributed by atoms with Gasteiger partial charge in [0.1, 0.15) is 16.3 Å². The maximum Gasteiger partial charge on any atom is 0.416 e. The Morgan fingerprint density at radius 1 is 1.09 bits per heavy atom. The quantitative estimate of drug-likeness (QED) is 0.459. The molecule has 1 aromatic heterocycles. The van der Waals surface area contributed by atoms with Gasteiger partial charge in [-0.05, 0) is 48.4 Å². The SMILES string of the molecule is Cc1c(C(=O)N(C)Cc2ccc(Cl)cc2Cl)[nH]c(C(N)=O)c1S(=O)(=O)c1cccc(C(F)(F)F)c1. The Morgan fingerprint density at radius 3 is 2.31 bits per heavy atom. The number of carbonyl (C=O) groups excluding carboxylic acids is 2. The number of hydrogen-bond acceptors (Lipinski definition) is 4. The molecule has 186 valence electrons. The van der Waals surface area contributed by atoms with Crippen LogP contribution in [0, 0.1) is 6.92 Å². The van der Waals surface area contributed by atoms with Gasteiger partial charge in [-0.3, -0.25) is 9.59 Å². The van der Waals surface area contributed by atoms with Crippen LogP contribution in [0.5, 0.6) is 0 Å². The number of hydrogen-bond donors (Lipinski definition) is 2. The summed E-state index contributed by atoms with van der Waals surface area (Å²) in [5.41, 5.74) is 3.63. The van der Waals surface area contributed by atoms with Gasteiger partial charge in [0.25, 0.3) is 11.8 Å².